The molecule has 0 heterocycles. The van der Waals surface area contributed by atoms with Crippen molar-refractivity contribution >= 4 is 5.91 Å². The Kier molecular flexibility index (Phi) is 2.74. The summed E-state index contributed by atoms with van der Waals surface area (Å²) in [5.41, 5.74) is 0. The number of hydrogen-bond acceptors (Lipinski definition) is 2. The lowest BCUT2D eigenvalue weighted by Gasteiger charge is -2.57. The molecule has 4 fully saturated rings. The molecule has 4 bridgehead atoms. The molecule has 4 aliphatic rings. The molecule has 0 radical (unpaired) electrons. The maximum Gasteiger partial charge on any atom is 0.243 e. The van der Waals surface area contributed by atoms with Crippen LogP contribution in [0.5, 0.6) is 0 Å². The van der Waals surface area contributed by atoms with Gasteiger partial charge in [0, 0.05) is 13.2 Å². The maximum absolute atomic E-state index is 11.5. The fourth-order valence-corrected chi connectivity index (χ4v) is 4.68. The van der Waals surface area contributed by atoms with Crippen molar-refractivity contribution in [3.05, 3.63) is 12.7 Å². The van der Waals surface area contributed by atoms with E-state index >= 15 is 0 Å². The number of amides is 1. The van der Waals surface area contributed by atoms with Crippen LogP contribution in [-0.2, 0) is 9.53 Å². The quantitative estimate of drug-likeness (QED) is 0.757. The van der Waals surface area contributed by atoms with E-state index in [2.05, 4.69) is 11.9 Å². The van der Waals surface area contributed by atoms with Gasteiger partial charge in [0.25, 0.3) is 0 Å². The summed E-state index contributed by atoms with van der Waals surface area (Å²) in [5.74, 6) is 2.81. The Morgan fingerprint density at radius 1 is 1.18 bits per heavy atom. The first kappa shape index (κ1) is 11.3. The summed E-state index contributed by atoms with van der Waals surface area (Å²) in [6, 6.07) is 0.394. The fourth-order valence-electron chi connectivity index (χ4n) is 4.68. The van der Waals surface area contributed by atoms with E-state index in [4.69, 9.17) is 4.74 Å². The summed E-state index contributed by atoms with van der Waals surface area (Å²) in [4.78, 5) is 11.5. The molecule has 0 aromatic heterocycles. The first-order valence-electron chi connectivity index (χ1n) is 6.68. The molecule has 1 N–H and O–H groups in total. The van der Waals surface area contributed by atoms with Crippen LogP contribution >= 0.6 is 0 Å². The monoisotopic (exact) mass is 235 g/mol. The number of nitrogens with one attached hydrogen (secondary N) is 1. The van der Waals surface area contributed by atoms with Gasteiger partial charge < -0.3 is 10.1 Å². The third-order valence-corrected chi connectivity index (χ3v) is 5.13. The second kappa shape index (κ2) is 4.13. The van der Waals surface area contributed by atoms with E-state index in [0.29, 0.717) is 24.0 Å². The van der Waals surface area contributed by atoms with E-state index in [9.17, 15) is 4.79 Å². The molecule has 4 aliphatic carbocycles. The Morgan fingerprint density at radius 2 is 1.71 bits per heavy atom. The van der Waals surface area contributed by atoms with Gasteiger partial charge in [0.15, 0.2) is 0 Å². The van der Waals surface area contributed by atoms with Crippen LogP contribution in [0.2, 0.25) is 0 Å². The van der Waals surface area contributed by atoms with Crippen LogP contribution in [0.25, 0.3) is 0 Å². The lowest BCUT2D eigenvalue weighted by atomic mass is 9.53. The summed E-state index contributed by atoms with van der Waals surface area (Å²) >= 11 is 0. The standard InChI is InChI=1S/C14H21NO2/c1-3-12(16)15-13-8-4-10-6-9(13)7-11(5-8)14(10)17-2/h3,8-11,13-14H,1,4-7H2,2H3,(H,15,16). The molecule has 94 valence electrons. The molecule has 0 atom stereocenters. The molecule has 0 unspecified atom stereocenters. The van der Waals surface area contributed by atoms with Crippen LogP contribution in [0.3, 0.4) is 0 Å². The molecule has 17 heavy (non-hydrogen) atoms. The highest BCUT2D eigenvalue weighted by molar-refractivity contribution is 5.87. The van der Waals surface area contributed by atoms with E-state index in [1.54, 1.807) is 0 Å². The van der Waals surface area contributed by atoms with Crippen molar-refractivity contribution in [3.8, 4) is 0 Å². The predicted octanol–water partition coefficient (Wildman–Crippen LogP) is 1.74. The van der Waals surface area contributed by atoms with Gasteiger partial charge in [-0.15, -0.1) is 0 Å². The average molecular weight is 235 g/mol. The fraction of sp³-hybridized carbons (Fsp3) is 0.786. The highest BCUT2D eigenvalue weighted by atomic mass is 16.5. The number of hydrogen-bond donors (Lipinski definition) is 1. The van der Waals surface area contributed by atoms with Crippen molar-refractivity contribution in [3.63, 3.8) is 0 Å². The zero-order valence-corrected chi connectivity index (χ0v) is 10.4. The third-order valence-electron chi connectivity index (χ3n) is 5.13. The first-order valence-corrected chi connectivity index (χ1v) is 6.68. The molecule has 1 amide bonds. The average Bonchev–Trinajstić information content (AvgIpc) is 2.32. The van der Waals surface area contributed by atoms with E-state index in [0.717, 1.165) is 11.8 Å². The highest BCUT2D eigenvalue weighted by Crippen LogP contribution is 2.54. The van der Waals surface area contributed by atoms with E-state index in [1.165, 1.54) is 31.8 Å². The minimum absolute atomic E-state index is 0.00855. The van der Waals surface area contributed by atoms with Crippen LogP contribution < -0.4 is 5.32 Å². The molecule has 4 rings (SSSR count). The van der Waals surface area contributed by atoms with Crippen molar-refractivity contribution in [1.82, 2.24) is 5.32 Å². The first-order chi connectivity index (χ1) is 8.22. The molecule has 4 saturated carbocycles. The van der Waals surface area contributed by atoms with Crippen LogP contribution in [-0.4, -0.2) is 25.2 Å². The number of carbonyl (C=O) groups excluding carboxylic acids is 1. The molecule has 0 saturated heterocycles. The van der Waals surface area contributed by atoms with Crippen LogP contribution in [0.15, 0.2) is 12.7 Å². The summed E-state index contributed by atoms with van der Waals surface area (Å²) in [5, 5.41) is 3.15. The Labute approximate surface area is 103 Å². The zero-order chi connectivity index (χ0) is 12.0. The molecule has 3 nitrogen and oxygen atoms in total. The normalized spacial score (nSPS) is 46.9. The van der Waals surface area contributed by atoms with Gasteiger partial charge in [-0.3, -0.25) is 4.79 Å². The van der Waals surface area contributed by atoms with Gasteiger partial charge in [0.1, 0.15) is 0 Å². The summed E-state index contributed by atoms with van der Waals surface area (Å²) < 4.78 is 5.66. The lowest BCUT2D eigenvalue weighted by Crippen LogP contribution is -2.60. The summed E-state index contributed by atoms with van der Waals surface area (Å²) in [7, 11) is 1.85. The van der Waals surface area contributed by atoms with E-state index in [-0.39, 0.29) is 5.91 Å². The van der Waals surface area contributed by atoms with E-state index < -0.39 is 0 Å². The van der Waals surface area contributed by atoms with Gasteiger partial charge in [0.05, 0.1) is 6.10 Å². The third kappa shape index (κ3) is 1.71. The van der Waals surface area contributed by atoms with Gasteiger partial charge in [-0.2, -0.15) is 0 Å². The van der Waals surface area contributed by atoms with Crippen molar-refractivity contribution < 1.29 is 9.53 Å². The minimum Gasteiger partial charge on any atom is -0.381 e. The molecule has 0 spiro atoms. The largest absolute Gasteiger partial charge is 0.381 e. The predicted molar refractivity (Wildman–Crippen MR) is 65.4 cm³/mol. The van der Waals surface area contributed by atoms with E-state index in [1.807, 2.05) is 7.11 Å². The van der Waals surface area contributed by atoms with Crippen LogP contribution in [0, 0.1) is 23.7 Å². The second-order valence-corrected chi connectivity index (χ2v) is 5.92. The number of rotatable bonds is 3. The summed E-state index contributed by atoms with van der Waals surface area (Å²) in [6.45, 7) is 3.54. The smallest absolute Gasteiger partial charge is 0.243 e. The van der Waals surface area contributed by atoms with Gasteiger partial charge in [-0.1, -0.05) is 6.58 Å². The van der Waals surface area contributed by atoms with Crippen molar-refractivity contribution in [1.29, 1.82) is 0 Å². The van der Waals surface area contributed by atoms with Crippen LogP contribution in [0.4, 0.5) is 0 Å². The van der Waals surface area contributed by atoms with Crippen LogP contribution in [0.1, 0.15) is 25.7 Å². The topological polar surface area (TPSA) is 38.3 Å². The number of methoxy groups -OCH3 is 1. The zero-order valence-electron chi connectivity index (χ0n) is 10.4. The van der Waals surface area contributed by atoms with Crippen molar-refractivity contribution in [2.45, 2.75) is 37.8 Å². The maximum atomic E-state index is 11.5. The highest BCUT2D eigenvalue weighted by Gasteiger charge is 2.53. The lowest BCUT2D eigenvalue weighted by molar-refractivity contribution is -0.134. The molecule has 0 aromatic rings. The SMILES string of the molecule is C=CC(=O)NC1C2CC3CC1CC(C2)C3OC. The Morgan fingerprint density at radius 3 is 2.12 bits per heavy atom. The Balaban J connectivity index is 1.73. The van der Waals surface area contributed by atoms with Gasteiger partial charge in [-0.25, -0.2) is 0 Å². The number of ether oxygens (including phenoxy) is 1. The minimum atomic E-state index is -0.00855. The Hall–Kier alpha value is -0.830. The molecule has 3 heteroatoms. The molecule has 0 aliphatic heterocycles. The second-order valence-electron chi connectivity index (χ2n) is 5.92. The molecular weight excluding hydrogens is 214 g/mol. The molecule has 0 aromatic carbocycles. The molecular formula is C14H21NO2. The number of carbonyl (C=O) groups is 1. The Bertz CT molecular complexity index is 309. The van der Waals surface area contributed by atoms with Crippen molar-refractivity contribution in [2.24, 2.45) is 23.7 Å². The van der Waals surface area contributed by atoms with Gasteiger partial charge >= 0.3 is 0 Å². The van der Waals surface area contributed by atoms with Crippen molar-refractivity contribution in [2.75, 3.05) is 7.11 Å². The van der Waals surface area contributed by atoms with Gasteiger partial charge in [-0.05, 0) is 55.4 Å². The van der Waals surface area contributed by atoms with Gasteiger partial charge in [0.2, 0.25) is 5.91 Å². The summed E-state index contributed by atoms with van der Waals surface area (Å²) in [6.07, 6.45) is 6.80.